The summed E-state index contributed by atoms with van der Waals surface area (Å²) in [5, 5.41) is 0. The molecule has 0 aliphatic heterocycles. The van der Waals surface area contributed by atoms with E-state index in [2.05, 4.69) is 106 Å². The average molecular weight is 905 g/mol. The van der Waals surface area contributed by atoms with E-state index in [-0.39, 0.29) is 37.5 Å². The van der Waals surface area contributed by atoms with Crippen molar-refractivity contribution >= 4 is 17.9 Å². The summed E-state index contributed by atoms with van der Waals surface area (Å²) in [6.45, 7) is 6.42. The third-order valence-electron chi connectivity index (χ3n) is 11.4. The van der Waals surface area contributed by atoms with Gasteiger partial charge in [0, 0.05) is 19.3 Å². The predicted octanol–water partition coefficient (Wildman–Crippen LogP) is 18.0. The van der Waals surface area contributed by atoms with Crippen molar-refractivity contribution in [3.05, 3.63) is 85.1 Å². The molecule has 0 radical (unpaired) electrons. The van der Waals surface area contributed by atoms with E-state index in [9.17, 15) is 14.4 Å². The molecule has 1 unspecified atom stereocenters. The summed E-state index contributed by atoms with van der Waals surface area (Å²) in [5.41, 5.74) is 0. The normalized spacial score (nSPS) is 12.7. The van der Waals surface area contributed by atoms with Gasteiger partial charge in [0.1, 0.15) is 13.2 Å². The lowest BCUT2D eigenvalue weighted by Crippen LogP contribution is -2.30. The molecule has 0 saturated heterocycles. The molecular formula is C59H100O6. The summed E-state index contributed by atoms with van der Waals surface area (Å²) >= 11 is 0. The second-order valence-corrected chi connectivity index (χ2v) is 17.8. The molecule has 0 heterocycles. The molecule has 0 spiro atoms. The van der Waals surface area contributed by atoms with Crippen molar-refractivity contribution < 1.29 is 28.6 Å². The highest BCUT2D eigenvalue weighted by molar-refractivity contribution is 5.71. The van der Waals surface area contributed by atoms with E-state index in [1.54, 1.807) is 0 Å². The molecule has 0 aliphatic carbocycles. The summed E-state index contributed by atoms with van der Waals surface area (Å²) in [6, 6.07) is 0. The van der Waals surface area contributed by atoms with Gasteiger partial charge in [-0.1, -0.05) is 228 Å². The highest BCUT2D eigenvalue weighted by Gasteiger charge is 2.19. The molecule has 6 nitrogen and oxygen atoms in total. The molecule has 0 aliphatic rings. The lowest BCUT2D eigenvalue weighted by atomic mass is 10.0. The summed E-state index contributed by atoms with van der Waals surface area (Å²) in [6.07, 6.45) is 68.8. The average Bonchev–Trinajstić information content (AvgIpc) is 3.30. The largest absolute Gasteiger partial charge is 0.462 e. The molecule has 0 N–H and O–H groups in total. The Labute approximate surface area is 401 Å². The van der Waals surface area contributed by atoms with Crippen molar-refractivity contribution in [3.63, 3.8) is 0 Å². The summed E-state index contributed by atoms with van der Waals surface area (Å²) in [7, 11) is 0. The first-order valence-corrected chi connectivity index (χ1v) is 27.1. The van der Waals surface area contributed by atoms with Crippen LogP contribution in [0.3, 0.4) is 0 Å². The van der Waals surface area contributed by atoms with Crippen molar-refractivity contribution in [2.75, 3.05) is 13.2 Å². The van der Waals surface area contributed by atoms with Gasteiger partial charge < -0.3 is 14.2 Å². The zero-order chi connectivity index (χ0) is 47.2. The standard InChI is InChI=1S/C59H100O6/c1-4-7-10-13-16-18-20-22-24-26-27-28-29-30-31-33-34-36-38-40-43-46-49-52-58(61)64-55-56(54-63-57(60)51-48-45-42-15-12-9-6-3)65-59(62)53-50-47-44-41-39-37-35-32-25-23-21-19-17-14-11-8-5-2/h8,11,17,19-20,22-23,25-27,35,37,41,44,56H,4-7,9-10,12-16,18,21,24,28-34,36,38-40,42-43,45-55H2,1-3H3/b11-8-,19-17-,22-20-,25-23-,27-26-,37-35-,44-41-. The van der Waals surface area contributed by atoms with Crippen LogP contribution in [-0.4, -0.2) is 37.2 Å². The van der Waals surface area contributed by atoms with Gasteiger partial charge in [-0.3, -0.25) is 14.4 Å². The Morgan fingerprint density at radius 2 is 0.615 bits per heavy atom. The third-order valence-corrected chi connectivity index (χ3v) is 11.4. The lowest BCUT2D eigenvalue weighted by molar-refractivity contribution is -0.167. The van der Waals surface area contributed by atoms with Crippen LogP contribution in [0.4, 0.5) is 0 Å². The summed E-state index contributed by atoms with van der Waals surface area (Å²) in [5.74, 6) is -0.966. The molecule has 0 aromatic rings. The number of hydrogen-bond acceptors (Lipinski definition) is 6. The molecule has 372 valence electrons. The summed E-state index contributed by atoms with van der Waals surface area (Å²) < 4.78 is 16.7. The smallest absolute Gasteiger partial charge is 0.306 e. The summed E-state index contributed by atoms with van der Waals surface area (Å²) in [4.78, 5) is 37.8. The molecule has 0 saturated carbocycles. The first-order valence-electron chi connectivity index (χ1n) is 27.1. The maximum Gasteiger partial charge on any atom is 0.306 e. The zero-order valence-electron chi connectivity index (χ0n) is 42.5. The number of esters is 3. The van der Waals surface area contributed by atoms with E-state index >= 15 is 0 Å². The number of ether oxygens (including phenoxy) is 3. The molecule has 0 rings (SSSR count). The van der Waals surface area contributed by atoms with Crippen LogP contribution in [0.5, 0.6) is 0 Å². The Morgan fingerprint density at radius 1 is 0.323 bits per heavy atom. The van der Waals surface area contributed by atoms with Crippen molar-refractivity contribution in [3.8, 4) is 0 Å². The Morgan fingerprint density at radius 3 is 0.985 bits per heavy atom. The van der Waals surface area contributed by atoms with Gasteiger partial charge in [-0.25, -0.2) is 0 Å². The van der Waals surface area contributed by atoms with Gasteiger partial charge in [0.15, 0.2) is 6.10 Å². The fraction of sp³-hybridized carbons (Fsp3) is 0.712. The number of rotatable bonds is 48. The fourth-order valence-corrected chi connectivity index (χ4v) is 7.33. The van der Waals surface area contributed by atoms with Crippen LogP contribution in [0.2, 0.25) is 0 Å². The number of unbranched alkanes of at least 4 members (excludes halogenated alkanes) is 23. The Balaban J connectivity index is 4.27. The molecule has 0 aromatic carbocycles. The Hall–Kier alpha value is -3.41. The number of carbonyl (C=O) groups is 3. The molecule has 1 atom stereocenters. The van der Waals surface area contributed by atoms with Gasteiger partial charge in [0.05, 0.1) is 0 Å². The highest BCUT2D eigenvalue weighted by atomic mass is 16.6. The molecule has 0 amide bonds. The number of hydrogen-bond donors (Lipinski definition) is 0. The molecule has 0 bridgehead atoms. The second-order valence-electron chi connectivity index (χ2n) is 17.8. The molecule has 0 aromatic heterocycles. The molecular weight excluding hydrogens is 805 g/mol. The maximum absolute atomic E-state index is 12.8. The van der Waals surface area contributed by atoms with Crippen molar-refractivity contribution in [2.45, 2.75) is 258 Å². The maximum atomic E-state index is 12.8. The van der Waals surface area contributed by atoms with Crippen molar-refractivity contribution in [1.29, 1.82) is 0 Å². The predicted molar refractivity (Wildman–Crippen MR) is 279 cm³/mol. The molecule has 65 heavy (non-hydrogen) atoms. The lowest BCUT2D eigenvalue weighted by Gasteiger charge is -2.18. The van der Waals surface area contributed by atoms with Gasteiger partial charge in [-0.2, -0.15) is 0 Å². The van der Waals surface area contributed by atoms with Crippen molar-refractivity contribution in [1.82, 2.24) is 0 Å². The van der Waals surface area contributed by atoms with Crippen LogP contribution in [0.1, 0.15) is 252 Å². The van der Waals surface area contributed by atoms with Gasteiger partial charge in [-0.05, 0) is 89.9 Å². The van der Waals surface area contributed by atoms with E-state index in [1.807, 2.05) is 0 Å². The third kappa shape index (κ3) is 51.4. The van der Waals surface area contributed by atoms with E-state index in [0.29, 0.717) is 19.3 Å². The molecule has 0 fully saturated rings. The van der Waals surface area contributed by atoms with Gasteiger partial charge >= 0.3 is 17.9 Å². The minimum Gasteiger partial charge on any atom is -0.462 e. The fourth-order valence-electron chi connectivity index (χ4n) is 7.33. The van der Waals surface area contributed by atoms with Gasteiger partial charge in [0.2, 0.25) is 0 Å². The Bertz CT molecular complexity index is 1270. The quantitative estimate of drug-likeness (QED) is 0.0262. The van der Waals surface area contributed by atoms with Crippen LogP contribution in [0, 0.1) is 0 Å². The highest BCUT2D eigenvalue weighted by Crippen LogP contribution is 2.14. The number of allylic oxidation sites excluding steroid dienone is 14. The second kappa shape index (κ2) is 53.2. The zero-order valence-corrected chi connectivity index (χ0v) is 42.5. The topological polar surface area (TPSA) is 78.9 Å². The van der Waals surface area contributed by atoms with E-state index in [1.165, 1.54) is 122 Å². The minimum atomic E-state index is -0.804. The van der Waals surface area contributed by atoms with E-state index in [0.717, 1.165) is 83.5 Å². The van der Waals surface area contributed by atoms with Crippen LogP contribution in [-0.2, 0) is 28.6 Å². The first kappa shape index (κ1) is 61.6. The van der Waals surface area contributed by atoms with Crippen LogP contribution in [0.25, 0.3) is 0 Å². The monoisotopic (exact) mass is 905 g/mol. The first-order chi connectivity index (χ1) is 32.0. The van der Waals surface area contributed by atoms with Crippen LogP contribution >= 0.6 is 0 Å². The SMILES string of the molecule is CC/C=C\C/C=C\C/C=C\C/C=C\C/C=C\CCCC(=O)OC(COC(=O)CCCCCCCCC)COC(=O)CCCCCCCCCCCCC/C=C\C/C=C\CCCCCCC. The minimum absolute atomic E-state index is 0.0993. The van der Waals surface area contributed by atoms with E-state index < -0.39 is 6.10 Å². The number of carbonyl (C=O) groups excluding carboxylic acids is 3. The molecule has 6 heteroatoms. The van der Waals surface area contributed by atoms with Gasteiger partial charge in [-0.15, -0.1) is 0 Å². The van der Waals surface area contributed by atoms with Crippen LogP contribution in [0.15, 0.2) is 85.1 Å². The van der Waals surface area contributed by atoms with Gasteiger partial charge in [0.25, 0.3) is 0 Å². The Kier molecular flexibility index (Phi) is 50.4. The van der Waals surface area contributed by atoms with Crippen LogP contribution < -0.4 is 0 Å². The van der Waals surface area contributed by atoms with Crippen molar-refractivity contribution in [2.24, 2.45) is 0 Å². The van der Waals surface area contributed by atoms with E-state index in [4.69, 9.17) is 14.2 Å².